The number of nitrogens with zero attached hydrogens (tertiary/aromatic N) is 3. The molecule has 0 amide bonds. The van der Waals surface area contributed by atoms with Crippen molar-refractivity contribution in [3.8, 4) is 0 Å². The van der Waals surface area contributed by atoms with E-state index >= 15 is 0 Å². The van der Waals surface area contributed by atoms with Crippen LogP contribution in [0.15, 0.2) is 4.99 Å². The van der Waals surface area contributed by atoms with Gasteiger partial charge < -0.3 is 20.4 Å². The van der Waals surface area contributed by atoms with Crippen LogP contribution >= 0.6 is 0 Å². The van der Waals surface area contributed by atoms with E-state index in [4.69, 9.17) is 0 Å². The Morgan fingerprint density at radius 2 is 1.82 bits per heavy atom. The number of aliphatic imine (C=N–C) groups is 1. The van der Waals surface area contributed by atoms with Gasteiger partial charge in [-0.05, 0) is 57.8 Å². The van der Waals surface area contributed by atoms with Gasteiger partial charge in [0.25, 0.3) is 0 Å². The molecule has 1 atom stereocenters. The smallest absolute Gasteiger partial charge is 0.191 e. The van der Waals surface area contributed by atoms with Gasteiger partial charge in [-0.1, -0.05) is 13.3 Å². The normalized spacial score (nSPS) is 25.2. The second-order valence-electron chi connectivity index (χ2n) is 6.68. The molecule has 0 bridgehead atoms. The Labute approximate surface area is 136 Å². The molecule has 2 aliphatic rings. The lowest BCUT2D eigenvalue weighted by atomic mass is 9.98. The van der Waals surface area contributed by atoms with E-state index in [-0.39, 0.29) is 0 Å². The number of guanidine groups is 1. The Bertz CT molecular complexity index is 325. The van der Waals surface area contributed by atoms with Gasteiger partial charge in [0.15, 0.2) is 5.96 Å². The largest absolute Gasteiger partial charge is 0.356 e. The van der Waals surface area contributed by atoms with Crippen molar-refractivity contribution in [2.75, 3.05) is 59.4 Å². The minimum Gasteiger partial charge on any atom is -0.356 e. The standard InChI is InChI=1S/C17H35N5/c1-3-21-12-7-8-16(15-21)14-20-17(18-2)19-9-13-22-10-5-4-6-11-22/h16H,3-15H2,1-2H3,(H2,18,19,20). The van der Waals surface area contributed by atoms with E-state index < -0.39 is 0 Å². The molecule has 2 fully saturated rings. The molecule has 2 N–H and O–H groups in total. The predicted molar refractivity (Wildman–Crippen MR) is 94.5 cm³/mol. The molecular formula is C17H35N5. The van der Waals surface area contributed by atoms with Crippen molar-refractivity contribution in [2.45, 2.75) is 39.0 Å². The molecule has 128 valence electrons. The zero-order valence-corrected chi connectivity index (χ0v) is 14.6. The SMILES string of the molecule is CCN1CCCC(CNC(=NC)NCCN2CCCCC2)C1. The summed E-state index contributed by atoms with van der Waals surface area (Å²) in [5, 5.41) is 6.98. The van der Waals surface area contributed by atoms with Crippen LogP contribution in [0.3, 0.4) is 0 Å². The Hall–Kier alpha value is -0.810. The quantitative estimate of drug-likeness (QED) is 0.574. The van der Waals surface area contributed by atoms with Crippen LogP contribution < -0.4 is 10.6 Å². The second kappa shape index (κ2) is 10.1. The third kappa shape index (κ3) is 6.13. The highest BCUT2D eigenvalue weighted by atomic mass is 15.2. The van der Waals surface area contributed by atoms with Crippen molar-refractivity contribution in [1.82, 2.24) is 20.4 Å². The summed E-state index contributed by atoms with van der Waals surface area (Å²) in [6.07, 6.45) is 6.81. The van der Waals surface area contributed by atoms with Gasteiger partial charge in [-0.15, -0.1) is 0 Å². The number of likely N-dealkylation sites (tertiary alicyclic amines) is 2. The van der Waals surface area contributed by atoms with Crippen molar-refractivity contribution in [2.24, 2.45) is 10.9 Å². The molecule has 0 aromatic carbocycles. The molecule has 2 heterocycles. The van der Waals surface area contributed by atoms with E-state index in [2.05, 4.69) is 32.3 Å². The monoisotopic (exact) mass is 309 g/mol. The lowest BCUT2D eigenvalue weighted by Gasteiger charge is -2.32. The molecule has 0 aromatic heterocycles. The van der Waals surface area contributed by atoms with Gasteiger partial charge in [0.05, 0.1) is 0 Å². The summed E-state index contributed by atoms with van der Waals surface area (Å²) in [6.45, 7) is 11.6. The summed E-state index contributed by atoms with van der Waals surface area (Å²) in [7, 11) is 1.87. The fourth-order valence-corrected chi connectivity index (χ4v) is 3.58. The molecule has 5 nitrogen and oxygen atoms in total. The van der Waals surface area contributed by atoms with Gasteiger partial charge in [0.2, 0.25) is 0 Å². The maximum atomic E-state index is 4.36. The summed E-state index contributed by atoms with van der Waals surface area (Å²) in [6, 6.07) is 0. The van der Waals surface area contributed by atoms with Gasteiger partial charge in [0, 0.05) is 33.2 Å². The summed E-state index contributed by atoms with van der Waals surface area (Å²) in [5.74, 6) is 1.72. The average Bonchev–Trinajstić information content (AvgIpc) is 2.59. The van der Waals surface area contributed by atoms with Gasteiger partial charge >= 0.3 is 0 Å². The molecule has 2 saturated heterocycles. The predicted octanol–water partition coefficient (Wildman–Crippen LogP) is 1.37. The Kier molecular flexibility index (Phi) is 8.02. The number of rotatable bonds is 6. The molecule has 0 radical (unpaired) electrons. The van der Waals surface area contributed by atoms with Crippen LogP contribution in [0, 0.1) is 5.92 Å². The number of nitrogens with one attached hydrogen (secondary N) is 2. The number of hydrogen-bond donors (Lipinski definition) is 2. The highest BCUT2D eigenvalue weighted by Crippen LogP contribution is 2.15. The molecule has 2 rings (SSSR count). The van der Waals surface area contributed by atoms with Crippen molar-refractivity contribution in [1.29, 1.82) is 0 Å². The molecule has 2 aliphatic heterocycles. The summed E-state index contributed by atoms with van der Waals surface area (Å²) >= 11 is 0. The first-order valence-corrected chi connectivity index (χ1v) is 9.21. The van der Waals surface area contributed by atoms with Crippen molar-refractivity contribution in [3.05, 3.63) is 0 Å². The van der Waals surface area contributed by atoms with Crippen molar-refractivity contribution in [3.63, 3.8) is 0 Å². The molecule has 0 aromatic rings. The van der Waals surface area contributed by atoms with Gasteiger partial charge in [-0.2, -0.15) is 0 Å². The number of piperidine rings is 2. The fourth-order valence-electron chi connectivity index (χ4n) is 3.58. The topological polar surface area (TPSA) is 42.9 Å². The molecular weight excluding hydrogens is 274 g/mol. The third-order valence-electron chi connectivity index (χ3n) is 5.00. The van der Waals surface area contributed by atoms with Gasteiger partial charge in [-0.25, -0.2) is 0 Å². The van der Waals surface area contributed by atoms with Crippen LogP contribution in [0.2, 0.25) is 0 Å². The van der Waals surface area contributed by atoms with Crippen LogP contribution in [0.25, 0.3) is 0 Å². The highest BCUT2D eigenvalue weighted by molar-refractivity contribution is 5.79. The van der Waals surface area contributed by atoms with Gasteiger partial charge in [0.1, 0.15) is 0 Å². The van der Waals surface area contributed by atoms with Crippen LogP contribution in [0.5, 0.6) is 0 Å². The van der Waals surface area contributed by atoms with E-state index in [1.807, 2.05) is 7.05 Å². The second-order valence-corrected chi connectivity index (χ2v) is 6.68. The van der Waals surface area contributed by atoms with E-state index in [1.54, 1.807) is 0 Å². The van der Waals surface area contributed by atoms with E-state index in [1.165, 1.54) is 64.8 Å². The van der Waals surface area contributed by atoms with Crippen LogP contribution in [0.1, 0.15) is 39.0 Å². The average molecular weight is 310 g/mol. The maximum absolute atomic E-state index is 4.36. The molecule has 22 heavy (non-hydrogen) atoms. The molecule has 0 spiro atoms. The Balaban J connectivity index is 1.60. The van der Waals surface area contributed by atoms with Crippen LogP contribution in [0.4, 0.5) is 0 Å². The minimum atomic E-state index is 0.759. The summed E-state index contributed by atoms with van der Waals surface area (Å²) in [5.41, 5.74) is 0. The fraction of sp³-hybridized carbons (Fsp3) is 0.941. The first-order chi connectivity index (χ1) is 10.8. The van der Waals surface area contributed by atoms with E-state index in [9.17, 15) is 0 Å². The summed E-state index contributed by atoms with van der Waals surface area (Å²) in [4.78, 5) is 9.47. The Morgan fingerprint density at radius 1 is 1.05 bits per heavy atom. The van der Waals surface area contributed by atoms with Crippen molar-refractivity contribution < 1.29 is 0 Å². The molecule has 5 heteroatoms. The molecule has 0 saturated carbocycles. The summed E-state index contributed by atoms with van der Waals surface area (Å²) < 4.78 is 0. The first kappa shape index (κ1) is 17.5. The van der Waals surface area contributed by atoms with Gasteiger partial charge in [-0.3, -0.25) is 4.99 Å². The molecule has 0 aliphatic carbocycles. The molecule has 1 unspecified atom stereocenters. The van der Waals surface area contributed by atoms with Crippen molar-refractivity contribution >= 4 is 5.96 Å². The highest BCUT2D eigenvalue weighted by Gasteiger charge is 2.18. The van der Waals surface area contributed by atoms with E-state index in [0.717, 1.165) is 31.5 Å². The zero-order chi connectivity index (χ0) is 15.6. The van der Waals surface area contributed by atoms with E-state index in [0.29, 0.717) is 0 Å². The zero-order valence-electron chi connectivity index (χ0n) is 14.6. The van der Waals surface area contributed by atoms with Crippen LogP contribution in [-0.2, 0) is 0 Å². The minimum absolute atomic E-state index is 0.759. The maximum Gasteiger partial charge on any atom is 0.191 e. The van der Waals surface area contributed by atoms with Crippen LogP contribution in [-0.4, -0.2) is 75.2 Å². The lowest BCUT2D eigenvalue weighted by Crippen LogP contribution is -2.46. The third-order valence-corrected chi connectivity index (χ3v) is 5.00. The Morgan fingerprint density at radius 3 is 2.55 bits per heavy atom. The number of hydrogen-bond acceptors (Lipinski definition) is 3. The first-order valence-electron chi connectivity index (χ1n) is 9.21. The lowest BCUT2D eigenvalue weighted by molar-refractivity contribution is 0.183.